The van der Waals surface area contributed by atoms with Gasteiger partial charge in [0, 0.05) is 69.0 Å². The van der Waals surface area contributed by atoms with Crippen LogP contribution in [0.15, 0.2) is 54.9 Å². The number of benzene rings is 1. The van der Waals surface area contributed by atoms with Crippen LogP contribution >= 0.6 is 11.3 Å². The van der Waals surface area contributed by atoms with E-state index in [9.17, 15) is 19.1 Å². The molecule has 0 spiro atoms. The summed E-state index contributed by atoms with van der Waals surface area (Å²) in [5.74, 6) is -0.289. The summed E-state index contributed by atoms with van der Waals surface area (Å²) in [6.07, 6.45) is 4.44. The number of halogens is 1. The zero-order valence-corrected chi connectivity index (χ0v) is 23.9. The molecule has 3 amide bonds. The number of nitrogens with zero attached hydrogens (tertiary/aromatic N) is 4. The molecule has 12 heteroatoms. The van der Waals surface area contributed by atoms with Crippen molar-refractivity contribution in [2.75, 3.05) is 31.5 Å². The van der Waals surface area contributed by atoms with Crippen LogP contribution in [0.5, 0.6) is 11.5 Å². The van der Waals surface area contributed by atoms with Crippen molar-refractivity contribution in [3.8, 4) is 22.1 Å². The van der Waals surface area contributed by atoms with Crippen LogP contribution in [0.2, 0.25) is 0 Å². The fourth-order valence-electron chi connectivity index (χ4n) is 4.79. The molecule has 4 heterocycles. The third-order valence-electron chi connectivity index (χ3n) is 7.22. The molecule has 1 saturated heterocycles. The van der Waals surface area contributed by atoms with Gasteiger partial charge in [0.15, 0.2) is 11.6 Å². The molecule has 3 N–H and O–H groups in total. The second kappa shape index (κ2) is 12.0. The standard InChI is InChI=1S/C30H31FN6O4S/c1-18(38)29(39)37-12-10-36(11-13-37)17-19-2-6-23(33-16-19)27-15-24-28(42-27)26(8-9-32-24)41-25-7-5-21(14-22(25)31)35-30(40)34-20-3-4-20/h2,5-9,14-16,18,20,38H,3-4,10-13,17H2,1H3,(H2,34,35,40). The van der Waals surface area contributed by atoms with E-state index in [-0.39, 0.29) is 23.7 Å². The first-order valence-corrected chi connectivity index (χ1v) is 14.7. The van der Waals surface area contributed by atoms with Crippen molar-refractivity contribution in [3.05, 3.63) is 66.2 Å². The van der Waals surface area contributed by atoms with Gasteiger partial charge in [-0.3, -0.25) is 19.7 Å². The molecule has 218 valence electrons. The lowest BCUT2D eigenvalue weighted by atomic mass is 10.2. The molecule has 3 aromatic heterocycles. The van der Waals surface area contributed by atoms with Crippen molar-refractivity contribution in [1.82, 2.24) is 25.1 Å². The third-order valence-corrected chi connectivity index (χ3v) is 8.38. The summed E-state index contributed by atoms with van der Waals surface area (Å²) in [5, 5.41) is 15.0. The Kier molecular flexibility index (Phi) is 8.00. The molecular weight excluding hydrogens is 559 g/mol. The smallest absolute Gasteiger partial charge is 0.319 e. The summed E-state index contributed by atoms with van der Waals surface area (Å²) >= 11 is 1.47. The lowest BCUT2D eigenvalue weighted by molar-refractivity contribution is -0.141. The molecule has 1 saturated carbocycles. The van der Waals surface area contributed by atoms with E-state index in [1.54, 1.807) is 23.2 Å². The molecule has 4 aromatic rings. The number of aliphatic hydroxyl groups excluding tert-OH is 1. The second-order valence-electron chi connectivity index (χ2n) is 10.6. The van der Waals surface area contributed by atoms with Crippen molar-refractivity contribution in [2.45, 2.75) is 38.5 Å². The highest BCUT2D eigenvalue weighted by Gasteiger charge is 2.24. The number of carbonyl (C=O) groups is 2. The molecule has 0 bridgehead atoms. The largest absolute Gasteiger partial charge is 0.453 e. The highest BCUT2D eigenvalue weighted by molar-refractivity contribution is 7.22. The molecule has 1 aliphatic heterocycles. The number of urea groups is 1. The second-order valence-corrected chi connectivity index (χ2v) is 11.6. The third kappa shape index (κ3) is 6.51. The number of fused-ring (bicyclic) bond motifs is 1. The molecule has 10 nitrogen and oxygen atoms in total. The Labute approximate surface area is 246 Å². The average molecular weight is 591 g/mol. The van der Waals surface area contributed by atoms with Gasteiger partial charge in [-0.1, -0.05) is 6.07 Å². The molecular formula is C30H31FN6O4S. The predicted octanol–water partition coefficient (Wildman–Crippen LogP) is 4.60. The predicted molar refractivity (Wildman–Crippen MR) is 158 cm³/mol. The lowest BCUT2D eigenvalue weighted by Gasteiger charge is -2.35. The Hall–Kier alpha value is -4.13. The van der Waals surface area contributed by atoms with E-state index < -0.39 is 11.9 Å². The Balaban J connectivity index is 1.10. The first-order chi connectivity index (χ1) is 20.3. The Bertz CT molecular complexity index is 1600. The van der Waals surface area contributed by atoms with Gasteiger partial charge in [-0.25, -0.2) is 9.18 Å². The number of aromatic nitrogens is 2. The van der Waals surface area contributed by atoms with Crippen LogP contribution in [0, 0.1) is 5.82 Å². The number of thiophene rings is 1. The van der Waals surface area contributed by atoms with E-state index in [1.165, 1.54) is 30.4 Å². The number of aliphatic hydroxyl groups is 1. The Morgan fingerprint density at radius 3 is 2.60 bits per heavy atom. The average Bonchev–Trinajstić information content (AvgIpc) is 3.68. The van der Waals surface area contributed by atoms with E-state index in [1.807, 2.05) is 24.4 Å². The summed E-state index contributed by atoms with van der Waals surface area (Å²) in [6.45, 7) is 4.88. The van der Waals surface area contributed by atoms with E-state index >= 15 is 0 Å². The van der Waals surface area contributed by atoms with Gasteiger partial charge in [0.05, 0.1) is 20.8 Å². The fourth-order valence-corrected chi connectivity index (χ4v) is 5.84. The van der Waals surface area contributed by atoms with Crippen LogP contribution in [0.4, 0.5) is 14.9 Å². The number of ether oxygens (including phenoxy) is 1. The SMILES string of the molecule is CC(O)C(=O)N1CCN(Cc2ccc(-c3cc4nccc(Oc5ccc(NC(=O)NC6CC6)cc5F)c4s3)nc2)CC1. The number of amides is 3. The van der Waals surface area contributed by atoms with E-state index in [4.69, 9.17) is 4.74 Å². The van der Waals surface area contributed by atoms with Gasteiger partial charge >= 0.3 is 6.03 Å². The minimum atomic E-state index is -0.970. The van der Waals surface area contributed by atoms with Crippen LogP contribution < -0.4 is 15.4 Å². The van der Waals surface area contributed by atoms with Gasteiger partial charge in [0.25, 0.3) is 5.91 Å². The molecule has 1 atom stereocenters. The first kappa shape index (κ1) is 28.0. The maximum atomic E-state index is 14.9. The lowest BCUT2D eigenvalue weighted by Crippen LogP contribution is -2.50. The molecule has 6 rings (SSSR count). The number of carbonyl (C=O) groups excluding carboxylic acids is 2. The molecule has 1 aliphatic carbocycles. The topological polar surface area (TPSA) is 120 Å². The van der Waals surface area contributed by atoms with Crippen molar-refractivity contribution < 1.29 is 23.8 Å². The minimum absolute atomic E-state index is 0.0455. The summed E-state index contributed by atoms with van der Waals surface area (Å²) < 4.78 is 21.6. The number of rotatable bonds is 8. The normalized spacial score (nSPS) is 16.3. The minimum Gasteiger partial charge on any atom is -0.453 e. The highest BCUT2D eigenvalue weighted by atomic mass is 32.1. The van der Waals surface area contributed by atoms with Crippen LogP contribution in [0.1, 0.15) is 25.3 Å². The van der Waals surface area contributed by atoms with Gasteiger partial charge < -0.3 is 25.4 Å². The van der Waals surface area contributed by atoms with E-state index in [2.05, 4.69) is 25.5 Å². The van der Waals surface area contributed by atoms with Crippen LogP contribution in [0.25, 0.3) is 20.8 Å². The summed E-state index contributed by atoms with van der Waals surface area (Å²) in [6, 6.07) is 11.8. The number of pyridine rings is 2. The van der Waals surface area contributed by atoms with Gasteiger partial charge in [-0.2, -0.15) is 0 Å². The number of hydrogen-bond acceptors (Lipinski definition) is 8. The highest BCUT2D eigenvalue weighted by Crippen LogP contribution is 2.39. The number of anilines is 1. The van der Waals surface area contributed by atoms with Crippen molar-refractivity contribution >= 4 is 39.2 Å². The first-order valence-electron chi connectivity index (χ1n) is 13.9. The monoisotopic (exact) mass is 590 g/mol. The molecule has 2 aliphatic rings. The molecule has 2 fully saturated rings. The van der Waals surface area contributed by atoms with Crippen LogP contribution in [-0.4, -0.2) is 75.1 Å². The number of hydrogen-bond donors (Lipinski definition) is 3. The Morgan fingerprint density at radius 2 is 1.90 bits per heavy atom. The Morgan fingerprint density at radius 1 is 1.10 bits per heavy atom. The maximum absolute atomic E-state index is 14.9. The molecule has 1 unspecified atom stereocenters. The zero-order chi connectivity index (χ0) is 29.2. The number of piperazine rings is 1. The number of nitrogens with one attached hydrogen (secondary N) is 2. The van der Waals surface area contributed by atoms with Gasteiger partial charge in [0.2, 0.25) is 0 Å². The van der Waals surface area contributed by atoms with Crippen molar-refractivity contribution in [3.63, 3.8) is 0 Å². The maximum Gasteiger partial charge on any atom is 0.319 e. The molecule has 0 radical (unpaired) electrons. The van der Waals surface area contributed by atoms with Crippen molar-refractivity contribution in [1.29, 1.82) is 0 Å². The van der Waals surface area contributed by atoms with E-state index in [0.717, 1.165) is 58.8 Å². The zero-order valence-electron chi connectivity index (χ0n) is 23.0. The molecule has 42 heavy (non-hydrogen) atoms. The van der Waals surface area contributed by atoms with Gasteiger partial charge in [-0.15, -0.1) is 11.3 Å². The van der Waals surface area contributed by atoms with Crippen molar-refractivity contribution in [2.24, 2.45) is 0 Å². The quantitative estimate of drug-likeness (QED) is 0.274. The molecule has 1 aromatic carbocycles. The fraction of sp³-hybridized carbons (Fsp3) is 0.333. The summed E-state index contributed by atoms with van der Waals surface area (Å²) in [4.78, 5) is 38.0. The summed E-state index contributed by atoms with van der Waals surface area (Å²) in [5.41, 5.74) is 2.93. The summed E-state index contributed by atoms with van der Waals surface area (Å²) in [7, 11) is 0. The van der Waals surface area contributed by atoms with Gasteiger partial charge in [-0.05, 0) is 49.6 Å². The van der Waals surface area contributed by atoms with Gasteiger partial charge in [0.1, 0.15) is 11.9 Å². The van der Waals surface area contributed by atoms with Crippen LogP contribution in [-0.2, 0) is 11.3 Å². The van der Waals surface area contributed by atoms with Crippen LogP contribution in [0.3, 0.4) is 0 Å². The van der Waals surface area contributed by atoms with E-state index in [0.29, 0.717) is 24.5 Å².